The molecule has 0 bridgehead atoms. The van der Waals surface area contributed by atoms with Crippen LogP contribution in [0.2, 0.25) is 0 Å². The van der Waals surface area contributed by atoms with E-state index >= 15 is 0 Å². The van der Waals surface area contributed by atoms with Gasteiger partial charge in [-0.05, 0) is 95.1 Å². The van der Waals surface area contributed by atoms with E-state index in [-0.39, 0.29) is 11.8 Å². The molecule has 0 aliphatic heterocycles. The van der Waals surface area contributed by atoms with Gasteiger partial charge in [0.15, 0.2) is 5.69 Å². The summed E-state index contributed by atoms with van der Waals surface area (Å²) in [5.41, 5.74) is 12.8. The molecule has 46 heavy (non-hydrogen) atoms. The molecule has 0 spiro atoms. The Morgan fingerprint density at radius 2 is 1.13 bits per heavy atom. The summed E-state index contributed by atoms with van der Waals surface area (Å²) in [6.45, 7) is 7.45. The molecule has 4 aliphatic carbocycles. The average Bonchev–Trinajstić information content (AvgIpc) is 3.13. The molecule has 0 fully saturated rings. The van der Waals surface area contributed by atoms with Gasteiger partial charge >= 0.3 is 0 Å². The summed E-state index contributed by atoms with van der Waals surface area (Å²) in [7, 11) is 0. The van der Waals surface area contributed by atoms with Crippen LogP contribution >= 0.6 is 0 Å². The van der Waals surface area contributed by atoms with Crippen LogP contribution in [0.25, 0.3) is 4.85 Å². The van der Waals surface area contributed by atoms with Crippen LogP contribution in [0.1, 0.15) is 5.56 Å². The molecule has 0 saturated carbocycles. The number of para-hydroxylation sites is 2. The van der Waals surface area contributed by atoms with Gasteiger partial charge in [0, 0.05) is 46.0 Å². The molecule has 0 N–H and O–H groups in total. The first-order valence-corrected chi connectivity index (χ1v) is 15.4. The second-order valence-corrected chi connectivity index (χ2v) is 11.6. The van der Waals surface area contributed by atoms with Crippen LogP contribution in [0.3, 0.4) is 0 Å². The topological polar surface area (TPSA) is 34.6 Å². The van der Waals surface area contributed by atoms with Gasteiger partial charge in [-0.15, -0.1) is 0 Å². The van der Waals surface area contributed by atoms with Crippen molar-refractivity contribution in [1.29, 1.82) is 5.26 Å². The Hall–Kier alpha value is -6.36. The fraction of sp³-hybridized carbons (Fsp3) is 0.0476. The lowest BCUT2D eigenvalue weighted by Gasteiger charge is -2.45. The highest BCUT2D eigenvalue weighted by molar-refractivity contribution is 5.78. The second-order valence-electron chi connectivity index (χ2n) is 11.6. The SMILES string of the molecule is [C-]#[N+]c1ccc(N(C2=CC=C3C=CC4=C(N(c5ccccc5)c5ccc(C#N)cc5)C=CC5=CC=C2C3C54)c2ccccc2)cc1. The van der Waals surface area contributed by atoms with Gasteiger partial charge in [0.1, 0.15) is 0 Å². The molecule has 4 aromatic carbocycles. The monoisotopic (exact) mass is 588 g/mol. The Bertz CT molecular complexity index is 2140. The average molecular weight is 589 g/mol. The van der Waals surface area contributed by atoms with Crippen LogP contribution in [0.5, 0.6) is 0 Å². The first-order valence-electron chi connectivity index (χ1n) is 15.4. The molecule has 4 aliphatic rings. The molecule has 0 aromatic heterocycles. The Kier molecular flexibility index (Phi) is 6.68. The van der Waals surface area contributed by atoms with Crippen molar-refractivity contribution in [3.8, 4) is 6.07 Å². The Morgan fingerprint density at radius 3 is 1.80 bits per heavy atom. The van der Waals surface area contributed by atoms with Gasteiger partial charge in [0.2, 0.25) is 0 Å². The lowest BCUT2D eigenvalue weighted by atomic mass is 9.63. The first kappa shape index (κ1) is 27.2. The predicted molar refractivity (Wildman–Crippen MR) is 186 cm³/mol. The highest BCUT2D eigenvalue weighted by Crippen LogP contribution is 2.53. The molecule has 0 saturated heterocycles. The van der Waals surface area contributed by atoms with Gasteiger partial charge in [0.05, 0.1) is 18.2 Å². The van der Waals surface area contributed by atoms with E-state index in [0.717, 1.165) is 34.1 Å². The first-order chi connectivity index (χ1) is 22.7. The fourth-order valence-corrected chi connectivity index (χ4v) is 7.02. The normalized spacial score (nSPS) is 18.7. The standard InChI is InChI=1S/C42H28N4/c1-44-32-18-22-36(23-19-32)46(34-10-6-3-7-11-34)40-27-17-31-14-24-37-39(26-16-30-15-25-38(40)42(31)41(30)37)45(33-8-4-2-5-9-33)35-20-12-29(28-43)13-21-35/h2-27,41-42H. The minimum Gasteiger partial charge on any atom is -0.310 e. The number of anilines is 4. The third-order valence-corrected chi connectivity index (χ3v) is 9.09. The molecule has 0 radical (unpaired) electrons. The van der Waals surface area contributed by atoms with Crippen LogP contribution in [0.15, 0.2) is 191 Å². The summed E-state index contributed by atoms with van der Waals surface area (Å²) in [5, 5.41) is 9.46. The number of allylic oxidation sites excluding steroid dienone is 12. The maximum atomic E-state index is 9.46. The van der Waals surface area contributed by atoms with E-state index in [1.807, 2.05) is 60.7 Å². The van der Waals surface area contributed by atoms with E-state index < -0.39 is 0 Å². The van der Waals surface area contributed by atoms with E-state index in [1.165, 1.54) is 22.3 Å². The van der Waals surface area contributed by atoms with E-state index in [2.05, 4.69) is 118 Å². The Balaban J connectivity index is 1.26. The van der Waals surface area contributed by atoms with Crippen molar-refractivity contribution in [1.82, 2.24) is 0 Å². The molecule has 8 rings (SSSR count). The number of nitriles is 1. The predicted octanol–water partition coefficient (Wildman–Crippen LogP) is 10.4. The lowest BCUT2D eigenvalue weighted by molar-refractivity contribution is 0.551. The number of hydrogen-bond donors (Lipinski definition) is 0. The van der Waals surface area contributed by atoms with Gasteiger partial charge in [-0.2, -0.15) is 5.26 Å². The summed E-state index contributed by atoms with van der Waals surface area (Å²) in [6, 6.07) is 38.8. The third kappa shape index (κ3) is 4.53. The Labute approximate surface area is 269 Å². The van der Waals surface area contributed by atoms with Crippen LogP contribution in [0.4, 0.5) is 28.4 Å². The minimum atomic E-state index is 0.145. The number of nitrogens with zero attached hydrogens (tertiary/aromatic N) is 4. The van der Waals surface area contributed by atoms with Gasteiger partial charge < -0.3 is 9.80 Å². The van der Waals surface area contributed by atoms with Gasteiger partial charge in [-0.25, -0.2) is 4.85 Å². The van der Waals surface area contributed by atoms with Gasteiger partial charge in [0.25, 0.3) is 0 Å². The van der Waals surface area contributed by atoms with E-state index in [1.54, 1.807) is 0 Å². The van der Waals surface area contributed by atoms with Gasteiger partial charge in [-0.3, -0.25) is 0 Å². The smallest absolute Gasteiger partial charge is 0.187 e. The van der Waals surface area contributed by atoms with Crippen molar-refractivity contribution in [2.75, 3.05) is 9.80 Å². The van der Waals surface area contributed by atoms with Crippen molar-refractivity contribution in [2.45, 2.75) is 0 Å². The summed E-state index contributed by atoms with van der Waals surface area (Å²) in [6.07, 6.45) is 18.1. The summed E-state index contributed by atoms with van der Waals surface area (Å²) in [4.78, 5) is 8.22. The molecular weight excluding hydrogens is 560 g/mol. The number of rotatable bonds is 6. The quantitative estimate of drug-likeness (QED) is 0.210. The largest absolute Gasteiger partial charge is 0.310 e. The van der Waals surface area contributed by atoms with E-state index in [9.17, 15) is 5.26 Å². The summed E-state index contributed by atoms with van der Waals surface area (Å²) in [5.74, 6) is 0.291. The van der Waals surface area contributed by atoms with Crippen molar-refractivity contribution in [2.24, 2.45) is 11.8 Å². The van der Waals surface area contributed by atoms with E-state index in [4.69, 9.17) is 6.57 Å². The maximum absolute atomic E-state index is 9.46. The second kappa shape index (κ2) is 11.3. The third-order valence-electron chi connectivity index (χ3n) is 9.09. The van der Waals surface area contributed by atoms with Crippen LogP contribution in [-0.2, 0) is 0 Å². The van der Waals surface area contributed by atoms with Crippen LogP contribution in [-0.4, -0.2) is 0 Å². The van der Waals surface area contributed by atoms with Crippen molar-refractivity contribution >= 4 is 28.4 Å². The van der Waals surface area contributed by atoms with Gasteiger partial charge in [-0.1, -0.05) is 85.0 Å². The molecule has 4 nitrogen and oxygen atoms in total. The molecule has 0 heterocycles. The van der Waals surface area contributed by atoms with Crippen LogP contribution < -0.4 is 9.80 Å². The zero-order valence-electron chi connectivity index (χ0n) is 25.0. The Morgan fingerprint density at radius 1 is 0.565 bits per heavy atom. The molecule has 4 heteroatoms. The van der Waals surface area contributed by atoms with E-state index in [0.29, 0.717) is 11.3 Å². The highest BCUT2D eigenvalue weighted by atomic mass is 15.2. The van der Waals surface area contributed by atoms with Crippen molar-refractivity contribution < 1.29 is 0 Å². The highest BCUT2D eigenvalue weighted by Gasteiger charge is 2.42. The summed E-state index contributed by atoms with van der Waals surface area (Å²) < 4.78 is 0. The fourth-order valence-electron chi connectivity index (χ4n) is 7.02. The molecular formula is C42H28N4. The minimum absolute atomic E-state index is 0.145. The molecule has 2 unspecified atom stereocenters. The zero-order chi connectivity index (χ0) is 31.0. The number of hydrogen-bond acceptors (Lipinski definition) is 3. The zero-order valence-corrected chi connectivity index (χ0v) is 25.0. The van der Waals surface area contributed by atoms with Crippen molar-refractivity contribution in [3.63, 3.8) is 0 Å². The van der Waals surface area contributed by atoms with Crippen LogP contribution in [0, 0.1) is 29.7 Å². The lowest BCUT2D eigenvalue weighted by Crippen LogP contribution is -2.35. The number of benzene rings is 4. The maximum Gasteiger partial charge on any atom is 0.187 e. The molecule has 4 aromatic rings. The molecule has 2 atom stereocenters. The molecule has 216 valence electrons. The molecule has 0 amide bonds. The van der Waals surface area contributed by atoms with Crippen molar-refractivity contribution in [3.05, 3.63) is 208 Å². The summed E-state index contributed by atoms with van der Waals surface area (Å²) >= 11 is 0.